The fraction of sp³-hybridized carbons (Fsp3) is 0.455. The fourth-order valence-electron chi connectivity index (χ4n) is 3.10. The summed E-state index contributed by atoms with van der Waals surface area (Å²) in [7, 11) is 0. The number of halogens is 1. The molecule has 0 fully saturated rings. The molecule has 2 aromatic heterocycles. The summed E-state index contributed by atoms with van der Waals surface area (Å²) >= 11 is 6.20. The third kappa shape index (κ3) is 6.60. The second-order valence-electron chi connectivity index (χ2n) is 7.45. The quantitative estimate of drug-likeness (QED) is 0.476. The Hall–Kier alpha value is -2.85. The molecule has 0 aliphatic rings. The molecule has 0 unspecified atom stereocenters. The first-order valence-electron chi connectivity index (χ1n) is 10.3. The number of hydrogen-bond donors (Lipinski definition) is 3. The van der Waals surface area contributed by atoms with Crippen LogP contribution in [0.4, 0.5) is 17.3 Å². The van der Waals surface area contributed by atoms with Gasteiger partial charge in [-0.05, 0) is 32.8 Å². The molecule has 0 radical (unpaired) electrons. The molecule has 3 N–H and O–H groups in total. The van der Waals surface area contributed by atoms with E-state index in [-0.39, 0.29) is 18.0 Å². The monoisotopic (exact) mass is 428 g/mol. The highest BCUT2D eigenvalue weighted by molar-refractivity contribution is 6.33. The molecule has 7 nitrogen and oxygen atoms in total. The molecule has 8 heteroatoms. The van der Waals surface area contributed by atoms with Gasteiger partial charge in [0.2, 0.25) is 0 Å². The van der Waals surface area contributed by atoms with Gasteiger partial charge >= 0.3 is 0 Å². The summed E-state index contributed by atoms with van der Waals surface area (Å²) < 4.78 is 0. The van der Waals surface area contributed by atoms with E-state index < -0.39 is 0 Å². The van der Waals surface area contributed by atoms with Gasteiger partial charge in [0, 0.05) is 30.5 Å². The lowest BCUT2D eigenvalue weighted by molar-refractivity contribution is 0.0933. The van der Waals surface area contributed by atoms with E-state index in [1.165, 1.54) is 12.3 Å². The molecular weight excluding hydrogens is 400 g/mol. The number of pyridine rings is 2. The number of nitrogens with zero attached hydrogens (tertiary/aromatic N) is 3. The Morgan fingerprint density at radius 2 is 1.87 bits per heavy atom. The molecule has 2 rings (SSSR count). The summed E-state index contributed by atoms with van der Waals surface area (Å²) in [5.74, 6) is 0.743. The molecule has 0 bridgehead atoms. The summed E-state index contributed by atoms with van der Waals surface area (Å²) in [6.07, 6.45) is 6.91. The minimum atomic E-state index is -0.140. The van der Waals surface area contributed by atoms with Crippen LogP contribution in [-0.2, 0) is 0 Å². The van der Waals surface area contributed by atoms with Crippen LogP contribution < -0.4 is 16.0 Å². The molecule has 0 spiro atoms. The maximum Gasteiger partial charge on any atom is 0.255 e. The topological polar surface area (TPSA) is 103 Å². The maximum absolute atomic E-state index is 12.9. The van der Waals surface area contributed by atoms with Crippen LogP contribution >= 0.6 is 11.6 Å². The highest BCUT2D eigenvalue weighted by atomic mass is 35.5. The first-order valence-corrected chi connectivity index (χ1v) is 10.7. The summed E-state index contributed by atoms with van der Waals surface area (Å²) in [5, 5.41) is 18.8. The summed E-state index contributed by atoms with van der Waals surface area (Å²) in [5.41, 5.74) is 1.54. The molecule has 0 saturated heterocycles. The molecule has 0 aliphatic carbocycles. The van der Waals surface area contributed by atoms with Crippen LogP contribution in [0.25, 0.3) is 0 Å². The predicted octanol–water partition coefficient (Wildman–Crippen LogP) is 5.26. The molecule has 0 aromatic carbocycles. The van der Waals surface area contributed by atoms with Crippen molar-refractivity contribution in [2.45, 2.75) is 65.5 Å². The van der Waals surface area contributed by atoms with Gasteiger partial charge in [0.05, 0.1) is 21.8 Å². The zero-order valence-electron chi connectivity index (χ0n) is 17.9. The summed E-state index contributed by atoms with van der Waals surface area (Å²) in [6.45, 7) is 8.24. The smallest absolute Gasteiger partial charge is 0.255 e. The van der Waals surface area contributed by atoms with Crippen molar-refractivity contribution >= 4 is 34.8 Å². The largest absolute Gasteiger partial charge is 0.382 e. The van der Waals surface area contributed by atoms with Crippen molar-refractivity contribution < 1.29 is 4.79 Å². The Balaban J connectivity index is 2.28. The van der Waals surface area contributed by atoms with Crippen molar-refractivity contribution in [3.8, 4) is 6.07 Å². The molecule has 30 heavy (non-hydrogen) atoms. The minimum absolute atomic E-state index is 0.130. The zero-order valence-corrected chi connectivity index (χ0v) is 18.7. The third-order valence-electron chi connectivity index (χ3n) is 4.42. The molecule has 1 amide bonds. The lowest BCUT2D eigenvalue weighted by atomic mass is 10.1. The number of amides is 1. The highest BCUT2D eigenvalue weighted by Gasteiger charge is 2.18. The predicted molar refractivity (Wildman–Crippen MR) is 121 cm³/mol. The van der Waals surface area contributed by atoms with Gasteiger partial charge in [-0.2, -0.15) is 5.26 Å². The molecule has 160 valence electrons. The number of carbonyl (C=O) groups excluding carboxylic acids is 1. The number of nitriles is 1. The summed E-state index contributed by atoms with van der Waals surface area (Å²) in [6, 6.07) is 5.58. The lowest BCUT2D eigenvalue weighted by Crippen LogP contribution is -2.35. The second-order valence-corrected chi connectivity index (χ2v) is 7.86. The van der Waals surface area contributed by atoms with Gasteiger partial charge in [-0.25, -0.2) is 9.97 Å². The van der Waals surface area contributed by atoms with Crippen molar-refractivity contribution in [2.75, 3.05) is 10.6 Å². The van der Waals surface area contributed by atoms with Crippen LogP contribution in [0, 0.1) is 11.3 Å². The number of carbonyl (C=O) groups is 1. The average Bonchev–Trinajstić information content (AvgIpc) is 2.69. The standard InChI is InChI=1S/C22H29ClN6O/c1-5-7-16(8-6-2)28-22(30)17-13-25-20(10-19(17)27-14(3)4)29-21-18(23)9-15(11-24)12-26-21/h9-10,12-14,16H,5-8H2,1-4H3,(H,28,30)(H2,25,26,27,29). The number of hydrogen-bond acceptors (Lipinski definition) is 6. The van der Waals surface area contributed by atoms with Crippen LogP contribution in [0.1, 0.15) is 69.3 Å². The SMILES string of the molecule is CCCC(CCC)NC(=O)c1cnc(Nc2ncc(C#N)cc2Cl)cc1NC(C)C. The Morgan fingerprint density at radius 3 is 2.43 bits per heavy atom. The van der Waals surface area contributed by atoms with Gasteiger partial charge in [-0.1, -0.05) is 38.3 Å². The third-order valence-corrected chi connectivity index (χ3v) is 4.71. The van der Waals surface area contributed by atoms with E-state index in [1.54, 1.807) is 12.3 Å². The van der Waals surface area contributed by atoms with Crippen LogP contribution in [-0.4, -0.2) is 28.0 Å². The Labute approximate surface area is 183 Å². The maximum atomic E-state index is 12.9. The van der Waals surface area contributed by atoms with Crippen LogP contribution in [0.15, 0.2) is 24.5 Å². The van der Waals surface area contributed by atoms with Crippen molar-refractivity contribution in [3.63, 3.8) is 0 Å². The highest BCUT2D eigenvalue weighted by Crippen LogP contribution is 2.26. The normalized spacial score (nSPS) is 10.7. The van der Waals surface area contributed by atoms with E-state index in [0.29, 0.717) is 33.5 Å². The number of aromatic nitrogens is 2. The van der Waals surface area contributed by atoms with Crippen LogP contribution in [0.5, 0.6) is 0 Å². The van der Waals surface area contributed by atoms with E-state index in [2.05, 4.69) is 39.8 Å². The molecular formula is C22H29ClN6O. The van der Waals surface area contributed by atoms with Gasteiger partial charge in [0.25, 0.3) is 5.91 Å². The van der Waals surface area contributed by atoms with Crippen molar-refractivity contribution in [1.29, 1.82) is 5.26 Å². The zero-order chi connectivity index (χ0) is 22.1. The van der Waals surface area contributed by atoms with E-state index in [1.807, 2.05) is 19.9 Å². The summed E-state index contributed by atoms with van der Waals surface area (Å²) in [4.78, 5) is 21.5. The van der Waals surface area contributed by atoms with E-state index in [0.717, 1.165) is 25.7 Å². The number of rotatable bonds is 10. The Kier molecular flexibility index (Phi) is 8.88. The van der Waals surface area contributed by atoms with E-state index >= 15 is 0 Å². The van der Waals surface area contributed by atoms with Gasteiger partial charge in [-0.3, -0.25) is 4.79 Å². The van der Waals surface area contributed by atoms with E-state index in [9.17, 15) is 4.79 Å². The molecule has 0 aliphatic heterocycles. The van der Waals surface area contributed by atoms with Crippen LogP contribution in [0.2, 0.25) is 5.02 Å². The van der Waals surface area contributed by atoms with Crippen molar-refractivity contribution in [1.82, 2.24) is 15.3 Å². The lowest BCUT2D eigenvalue weighted by Gasteiger charge is -2.20. The van der Waals surface area contributed by atoms with Crippen LogP contribution in [0.3, 0.4) is 0 Å². The molecule has 0 saturated carbocycles. The second kappa shape index (κ2) is 11.4. The Morgan fingerprint density at radius 1 is 1.17 bits per heavy atom. The number of nitrogens with one attached hydrogen (secondary N) is 3. The fourth-order valence-corrected chi connectivity index (χ4v) is 3.31. The number of anilines is 3. The van der Waals surface area contributed by atoms with Gasteiger partial charge < -0.3 is 16.0 Å². The first-order chi connectivity index (χ1) is 14.4. The van der Waals surface area contributed by atoms with Gasteiger partial charge in [0.15, 0.2) is 0 Å². The van der Waals surface area contributed by atoms with Gasteiger partial charge in [0.1, 0.15) is 17.7 Å². The van der Waals surface area contributed by atoms with Crippen molar-refractivity contribution in [2.24, 2.45) is 0 Å². The molecule has 0 atom stereocenters. The Bertz CT molecular complexity index is 903. The van der Waals surface area contributed by atoms with Crippen molar-refractivity contribution in [3.05, 3.63) is 40.7 Å². The molecule has 2 heterocycles. The van der Waals surface area contributed by atoms with E-state index in [4.69, 9.17) is 16.9 Å². The molecule has 2 aromatic rings. The minimum Gasteiger partial charge on any atom is -0.382 e. The van der Waals surface area contributed by atoms with Gasteiger partial charge in [-0.15, -0.1) is 0 Å². The average molecular weight is 429 g/mol. The first kappa shape index (κ1) is 23.4.